The lowest BCUT2D eigenvalue weighted by Gasteiger charge is -2.12. The molecule has 0 saturated heterocycles. The lowest BCUT2D eigenvalue weighted by Crippen LogP contribution is -2.03. The zero-order valence-electron chi connectivity index (χ0n) is 11.4. The summed E-state index contributed by atoms with van der Waals surface area (Å²) in [6, 6.07) is 7.95. The number of fused-ring (bicyclic) bond motifs is 1. The largest absolute Gasteiger partial charge is 0.278 e. The number of pyridine rings is 1. The van der Waals surface area contributed by atoms with Crippen LogP contribution in [0.4, 0.5) is 0 Å². The molecule has 0 radical (unpaired) electrons. The van der Waals surface area contributed by atoms with Gasteiger partial charge in [-0.2, -0.15) is 0 Å². The smallest absolute Gasteiger partial charge is 0.165 e. The van der Waals surface area contributed by atoms with Gasteiger partial charge in [-0.1, -0.05) is 15.9 Å². The fourth-order valence-electron chi connectivity index (χ4n) is 2.27. The SMILES string of the molecule is Cc1ccnc2c1nc(C(C)Cl)n2-c1cc(Br)ccc1Br. The summed E-state index contributed by atoms with van der Waals surface area (Å²) in [5, 5.41) is -0.218. The van der Waals surface area contributed by atoms with Crippen LogP contribution in [0.5, 0.6) is 0 Å². The van der Waals surface area contributed by atoms with E-state index in [1.165, 1.54) is 0 Å². The van der Waals surface area contributed by atoms with Crippen LogP contribution in [0.2, 0.25) is 0 Å². The van der Waals surface area contributed by atoms with Crippen LogP contribution in [0.3, 0.4) is 0 Å². The van der Waals surface area contributed by atoms with Gasteiger partial charge in [0.15, 0.2) is 5.65 Å². The first-order chi connectivity index (χ1) is 9.99. The molecule has 0 N–H and O–H groups in total. The van der Waals surface area contributed by atoms with Gasteiger partial charge in [0.25, 0.3) is 0 Å². The fourth-order valence-corrected chi connectivity index (χ4v) is 3.19. The zero-order valence-corrected chi connectivity index (χ0v) is 15.4. The summed E-state index contributed by atoms with van der Waals surface area (Å²) in [5.74, 6) is 0.785. The minimum Gasteiger partial charge on any atom is -0.278 e. The minimum absolute atomic E-state index is 0.218. The van der Waals surface area contributed by atoms with Gasteiger partial charge in [0.1, 0.15) is 11.3 Å². The molecule has 3 nitrogen and oxygen atoms in total. The van der Waals surface area contributed by atoms with E-state index in [2.05, 4.69) is 36.8 Å². The molecule has 0 fully saturated rings. The molecule has 108 valence electrons. The molecule has 1 unspecified atom stereocenters. The lowest BCUT2D eigenvalue weighted by atomic mass is 10.2. The number of halogens is 3. The summed E-state index contributed by atoms with van der Waals surface area (Å²) in [4.78, 5) is 9.19. The van der Waals surface area contributed by atoms with Crippen LogP contribution >= 0.6 is 43.5 Å². The van der Waals surface area contributed by atoms with Gasteiger partial charge in [-0.3, -0.25) is 4.57 Å². The molecular formula is C15H12Br2ClN3. The van der Waals surface area contributed by atoms with E-state index in [-0.39, 0.29) is 5.38 Å². The van der Waals surface area contributed by atoms with Gasteiger partial charge in [0.2, 0.25) is 0 Å². The van der Waals surface area contributed by atoms with Crippen molar-refractivity contribution in [2.24, 2.45) is 0 Å². The maximum atomic E-state index is 6.34. The number of aryl methyl sites for hydroxylation is 1. The molecule has 0 aliphatic rings. The highest BCUT2D eigenvalue weighted by atomic mass is 79.9. The molecule has 6 heteroatoms. The van der Waals surface area contributed by atoms with E-state index < -0.39 is 0 Å². The Bertz CT molecular complexity index is 827. The van der Waals surface area contributed by atoms with Gasteiger partial charge in [0, 0.05) is 15.1 Å². The van der Waals surface area contributed by atoms with Gasteiger partial charge in [-0.15, -0.1) is 11.6 Å². The van der Waals surface area contributed by atoms with E-state index in [1.807, 2.05) is 42.7 Å². The van der Waals surface area contributed by atoms with Crippen LogP contribution < -0.4 is 0 Å². The monoisotopic (exact) mass is 427 g/mol. The summed E-state index contributed by atoms with van der Waals surface area (Å²) >= 11 is 13.4. The third-order valence-electron chi connectivity index (χ3n) is 3.28. The minimum atomic E-state index is -0.218. The van der Waals surface area contributed by atoms with Crippen molar-refractivity contribution in [3.8, 4) is 5.69 Å². The first kappa shape index (κ1) is 15.0. The molecular weight excluding hydrogens is 417 g/mol. The maximum Gasteiger partial charge on any atom is 0.165 e. The Morgan fingerprint density at radius 3 is 2.71 bits per heavy atom. The van der Waals surface area contributed by atoms with Crippen molar-refractivity contribution in [1.82, 2.24) is 14.5 Å². The molecule has 21 heavy (non-hydrogen) atoms. The van der Waals surface area contributed by atoms with Gasteiger partial charge in [-0.25, -0.2) is 9.97 Å². The summed E-state index contributed by atoms with van der Waals surface area (Å²) in [5.41, 5.74) is 3.75. The third-order valence-corrected chi connectivity index (χ3v) is 4.64. The Hall–Kier alpha value is -0.910. The summed E-state index contributed by atoms with van der Waals surface area (Å²) in [7, 11) is 0. The van der Waals surface area contributed by atoms with Crippen molar-refractivity contribution in [2.45, 2.75) is 19.2 Å². The lowest BCUT2D eigenvalue weighted by molar-refractivity contribution is 0.874. The van der Waals surface area contributed by atoms with Crippen molar-refractivity contribution in [3.63, 3.8) is 0 Å². The van der Waals surface area contributed by atoms with E-state index >= 15 is 0 Å². The number of hydrogen-bond donors (Lipinski definition) is 0. The molecule has 2 aromatic heterocycles. The van der Waals surface area contributed by atoms with Gasteiger partial charge < -0.3 is 0 Å². The van der Waals surface area contributed by atoms with Crippen molar-refractivity contribution in [1.29, 1.82) is 0 Å². The molecule has 0 saturated carbocycles. The standard InChI is InChI=1S/C15H12Br2ClN3/c1-8-5-6-19-15-13(8)20-14(9(2)18)21(15)12-7-10(16)3-4-11(12)17/h3-7,9H,1-2H3. The van der Waals surface area contributed by atoms with E-state index in [0.29, 0.717) is 0 Å². The summed E-state index contributed by atoms with van der Waals surface area (Å²) in [6.07, 6.45) is 1.80. The Morgan fingerprint density at radius 2 is 2.00 bits per heavy atom. The molecule has 2 heterocycles. The number of nitrogens with zero attached hydrogens (tertiary/aromatic N) is 3. The molecule has 1 aromatic carbocycles. The predicted molar refractivity (Wildman–Crippen MR) is 93.3 cm³/mol. The zero-order chi connectivity index (χ0) is 15.1. The van der Waals surface area contributed by atoms with Crippen molar-refractivity contribution in [2.75, 3.05) is 0 Å². The van der Waals surface area contributed by atoms with Crippen molar-refractivity contribution < 1.29 is 0 Å². The molecule has 0 spiro atoms. The number of rotatable bonds is 2. The normalized spacial score (nSPS) is 12.8. The predicted octanol–water partition coefficient (Wildman–Crippen LogP) is 5.55. The number of alkyl halides is 1. The average molecular weight is 430 g/mol. The Balaban J connectivity index is 2.42. The van der Waals surface area contributed by atoms with E-state index in [1.54, 1.807) is 6.20 Å². The molecule has 1 atom stereocenters. The van der Waals surface area contributed by atoms with Crippen molar-refractivity contribution >= 4 is 54.6 Å². The second-order valence-corrected chi connectivity index (χ2v) is 7.24. The first-order valence-corrected chi connectivity index (χ1v) is 8.44. The van der Waals surface area contributed by atoms with Crippen LogP contribution in [0, 0.1) is 6.92 Å². The highest BCUT2D eigenvalue weighted by molar-refractivity contribution is 9.11. The molecule has 0 aliphatic carbocycles. The fraction of sp³-hybridized carbons (Fsp3) is 0.200. The van der Waals surface area contributed by atoms with E-state index in [9.17, 15) is 0 Å². The Kier molecular flexibility index (Phi) is 4.08. The van der Waals surface area contributed by atoms with Crippen LogP contribution in [0.1, 0.15) is 23.7 Å². The third kappa shape index (κ3) is 2.62. The number of hydrogen-bond acceptors (Lipinski definition) is 2. The second kappa shape index (κ2) is 5.71. The molecule has 3 aromatic rings. The van der Waals surface area contributed by atoms with Gasteiger partial charge >= 0.3 is 0 Å². The quantitative estimate of drug-likeness (QED) is 0.500. The van der Waals surface area contributed by atoms with E-state index in [4.69, 9.17) is 16.6 Å². The highest BCUT2D eigenvalue weighted by Gasteiger charge is 2.19. The number of benzene rings is 1. The topological polar surface area (TPSA) is 30.7 Å². The van der Waals surface area contributed by atoms with E-state index in [0.717, 1.165) is 37.2 Å². The van der Waals surface area contributed by atoms with Gasteiger partial charge in [0.05, 0.1) is 11.1 Å². The molecule has 0 amide bonds. The number of aromatic nitrogens is 3. The molecule has 0 bridgehead atoms. The maximum absolute atomic E-state index is 6.34. The Labute approximate surface area is 144 Å². The molecule has 0 aliphatic heterocycles. The number of imidazole rings is 1. The second-order valence-electron chi connectivity index (χ2n) is 4.82. The summed E-state index contributed by atoms with van der Waals surface area (Å²) < 4.78 is 3.96. The Morgan fingerprint density at radius 1 is 1.24 bits per heavy atom. The highest BCUT2D eigenvalue weighted by Crippen LogP contribution is 2.33. The first-order valence-electron chi connectivity index (χ1n) is 6.42. The van der Waals surface area contributed by atoms with Crippen LogP contribution in [0.15, 0.2) is 39.4 Å². The van der Waals surface area contributed by atoms with Crippen molar-refractivity contribution in [3.05, 3.63) is 50.8 Å². The van der Waals surface area contributed by atoms with Gasteiger partial charge in [-0.05, 0) is 59.6 Å². The van der Waals surface area contributed by atoms with Crippen LogP contribution in [-0.4, -0.2) is 14.5 Å². The van der Waals surface area contributed by atoms with Crippen LogP contribution in [0.25, 0.3) is 16.9 Å². The molecule has 3 rings (SSSR count). The van der Waals surface area contributed by atoms with Crippen LogP contribution in [-0.2, 0) is 0 Å². The summed E-state index contributed by atoms with van der Waals surface area (Å²) in [6.45, 7) is 3.94. The average Bonchev–Trinajstić information content (AvgIpc) is 2.82.